The molecule has 13 heteroatoms. The molecule has 272 valence electrons. The van der Waals surface area contributed by atoms with Crippen molar-refractivity contribution in [2.75, 3.05) is 64.7 Å². The molecule has 0 bridgehead atoms. The Bertz CT molecular complexity index is 1980. The maximum atomic E-state index is 17.3. The summed E-state index contributed by atoms with van der Waals surface area (Å²) in [5, 5.41) is 23.1. The monoisotopic (exact) mass is 705 g/mol. The van der Waals surface area contributed by atoms with Crippen molar-refractivity contribution in [1.82, 2.24) is 19.9 Å². The number of nitrogens with zero attached hydrogens (tertiary/aromatic N) is 5. The van der Waals surface area contributed by atoms with Gasteiger partial charge in [0.25, 0.3) is 0 Å². The summed E-state index contributed by atoms with van der Waals surface area (Å²) in [4.78, 5) is 18.7. The highest BCUT2D eigenvalue weighted by Crippen LogP contribution is 2.49. The van der Waals surface area contributed by atoms with Gasteiger partial charge in [-0.05, 0) is 80.1 Å². The Kier molecular flexibility index (Phi) is 8.88. The van der Waals surface area contributed by atoms with Gasteiger partial charge in [-0.15, -0.1) is 0 Å². The second-order valence-electron chi connectivity index (χ2n) is 14.9. The summed E-state index contributed by atoms with van der Waals surface area (Å²) in [6, 6.07) is 6.61. The van der Waals surface area contributed by atoms with E-state index in [9.17, 15) is 10.2 Å². The van der Waals surface area contributed by atoms with Crippen molar-refractivity contribution in [3.8, 4) is 28.9 Å². The molecule has 51 heavy (non-hydrogen) atoms. The first-order chi connectivity index (χ1) is 24.6. The predicted octanol–water partition coefficient (Wildman–Crippen LogP) is 5.40. The van der Waals surface area contributed by atoms with Crippen LogP contribution in [0.15, 0.2) is 24.3 Å². The van der Waals surface area contributed by atoms with Crippen LogP contribution < -0.4 is 14.4 Å². The lowest BCUT2D eigenvalue weighted by atomic mass is 9.75. The highest BCUT2D eigenvalue weighted by atomic mass is 19.1. The molecule has 1 aliphatic carbocycles. The molecule has 11 nitrogen and oxygen atoms in total. The van der Waals surface area contributed by atoms with Crippen molar-refractivity contribution in [1.29, 1.82) is 0 Å². The average Bonchev–Trinajstić information content (AvgIpc) is 3.44. The summed E-state index contributed by atoms with van der Waals surface area (Å²) >= 11 is 0. The van der Waals surface area contributed by atoms with Crippen molar-refractivity contribution in [3.05, 3.63) is 41.5 Å². The largest absolute Gasteiger partial charge is 0.508 e. The number of phenols is 1. The number of hydrogen-bond donors (Lipinski definition) is 2. The first kappa shape index (κ1) is 34.2. The van der Waals surface area contributed by atoms with Gasteiger partial charge in [-0.1, -0.05) is 19.4 Å². The topological polar surface area (TPSA) is 123 Å². The van der Waals surface area contributed by atoms with Gasteiger partial charge in [-0.25, -0.2) is 13.8 Å². The smallest absolute Gasteiger partial charge is 0.319 e. The third kappa shape index (κ3) is 6.01. The number of benzene rings is 2. The summed E-state index contributed by atoms with van der Waals surface area (Å²) in [6.07, 6.45) is 5.62. The zero-order chi connectivity index (χ0) is 35.5. The maximum Gasteiger partial charge on any atom is 0.319 e. The Hall–Kier alpha value is -3.91. The summed E-state index contributed by atoms with van der Waals surface area (Å²) in [7, 11) is 1.43. The van der Waals surface area contributed by atoms with Gasteiger partial charge in [-0.2, -0.15) is 9.97 Å². The summed E-state index contributed by atoms with van der Waals surface area (Å²) < 4.78 is 56.0. The quantitative estimate of drug-likeness (QED) is 0.245. The van der Waals surface area contributed by atoms with Crippen molar-refractivity contribution < 1.29 is 37.9 Å². The summed E-state index contributed by atoms with van der Waals surface area (Å²) in [5.41, 5.74) is -0.966. The molecule has 4 fully saturated rings. The van der Waals surface area contributed by atoms with E-state index in [0.29, 0.717) is 60.4 Å². The third-order valence-corrected chi connectivity index (χ3v) is 11.3. The van der Waals surface area contributed by atoms with E-state index >= 15 is 8.78 Å². The number of phenolic OH excluding ortho intramolecular Hbond substituents is 1. The lowest BCUT2D eigenvalue weighted by molar-refractivity contribution is -0.115. The minimum atomic E-state index is -1.22. The molecule has 2 aromatic carbocycles. The Balaban J connectivity index is 1.29. The van der Waals surface area contributed by atoms with Gasteiger partial charge in [-0.3, -0.25) is 4.90 Å². The Labute approximate surface area is 295 Å². The molecule has 4 aliphatic rings. The number of piperidine rings is 1. The molecule has 8 rings (SSSR count). The number of aromatic nitrogens is 3. The van der Waals surface area contributed by atoms with Crippen LogP contribution in [0.25, 0.3) is 32.9 Å². The zero-order valence-electron chi connectivity index (χ0n) is 29.4. The van der Waals surface area contributed by atoms with Gasteiger partial charge < -0.3 is 34.1 Å². The minimum Gasteiger partial charge on any atom is -0.508 e. The molecule has 4 aromatic rings. The number of ether oxygens (including phenoxy) is 4. The van der Waals surface area contributed by atoms with Gasteiger partial charge in [0, 0.05) is 23.6 Å². The fraction of sp³-hybridized carbons (Fsp3) is 0.553. The van der Waals surface area contributed by atoms with Crippen LogP contribution in [0.5, 0.6) is 17.6 Å². The molecule has 2 N–H and O–H groups in total. The summed E-state index contributed by atoms with van der Waals surface area (Å²) in [5.74, 6) is -1.00. The lowest BCUT2D eigenvalue weighted by Crippen LogP contribution is -2.60. The van der Waals surface area contributed by atoms with Crippen LogP contribution >= 0.6 is 0 Å². The molecule has 5 heterocycles. The molecule has 2 aromatic heterocycles. The predicted molar refractivity (Wildman–Crippen MR) is 188 cm³/mol. The molecule has 3 unspecified atom stereocenters. The Morgan fingerprint density at radius 1 is 1.04 bits per heavy atom. The number of aromatic hydroxyl groups is 1. The highest BCUT2D eigenvalue weighted by Gasteiger charge is 2.51. The van der Waals surface area contributed by atoms with Crippen molar-refractivity contribution in [2.45, 2.75) is 70.1 Å². The van der Waals surface area contributed by atoms with Crippen molar-refractivity contribution in [3.63, 3.8) is 0 Å². The fourth-order valence-corrected chi connectivity index (χ4v) is 8.94. The van der Waals surface area contributed by atoms with Gasteiger partial charge in [0.1, 0.15) is 39.6 Å². The molecule has 1 saturated carbocycles. The number of hydrogen-bond acceptors (Lipinski definition) is 11. The second-order valence-corrected chi connectivity index (χ2v) is 14.9. The van der Waals surface area contributed by atoms with Crippen LogP contribution in [-0.2, 0) is 15.9 Å². The minimum absolute atomic E-state index is 0.00518. The molecule has 0 radical (unpaired) electrons. The van der Waals surface area contributed by atoms with E-state index in [1.54, 1.807) is 13.0 Å². The molecular formula is C38H45F2N5O6. The second kappa shape index (κ2) is 13.3. The number of halogens is 2. The number of pyridine rings is 1. The molecular weight excluding hydrogens is 660 g/mol. The first-order valence-electron chi connectivity index (χ1n) is 18.0. The standard InChI is InChI=1S/C38H45F2N5O6/c1-4-25-27(39)9-8-22-15-24(46)16-26(29(22)25)32-31(40)33-30(35(41-32)48-3)34(44-13-14-49-20-37(2,47)19-44)43-36(42-33)51-21-38-10-5-7-28(38)45(12-6-11-38)23-17-50-18-23/h8-9,15-16,23,28,46-47H,4-7,10-14,17-21H2,1-3H3. The van der Waals surface area contributed by atoms with Gasteiger partial charge in [0.15, 0.2) is 5.82 Å². The van der Waals surface area contributed by atoms with E-state index in [1.807, 2.05) is 11.8 Å². The zero-order valence-corrected chi connectivity index (χ0v) is 29.4. The first-order valence-corrected chi connectivity index (χ1v) is 18.0. The molecule has 0 amide bonds. The van der Waals surface area contributed by atoms with E-state index in [1.165, 1.54) is 25.3 Å². The number of β-amino-alcohol motifs (C(OH)–C–C–N with tert-alkyl or cyclic N) is 1. The van der Waals surface area contributed by atoms with E-state index in [0.717, 1.165) is 51.9 Å². The van der Waals surface area contributed by atoms with Crippen LogP contribution in [0.2, 0.25) is 0 Å². The molecule has 3 atom stereocenters. The number of methoxy groups -OCH3 is 1. The highest BCUT2D eigenvalue weighted by molar-refractivity contribution is 6.03. The van der Waals surface area contributed by atoms with Crippen LogP contribution in [0.1, 0.15) is 51.5 Å². The lowest BCUT2D eigenvalue weighted by Gasteiger charge is -2.51. The van der Waals surface area contributed by atoms with E-state index in [-0.39, 0.29) is 58.4 Å². The fourth-order valence-electron chi connectivity index (χ4n) is 8.94. The van der Waals surface area contributed by atoms with Crippen molar-refractivity contribution >= 4 is 27.5 Å². The normalized spacial score (nSPS) is 25.9. The number of likely N-dealkylation sites (tertiary alicyclic amines) is 1. The van der Waals surface area contributed by atoms with Gasteiger partial charge in [0.2, 0.25) is 5.88 Å². The number of aryl methyl sites for hydroxylation is 1. The maximum absolute atomic E-state index is 17.3. The third-order valence-electron chi connectivity index (χ3n) is 11.3. The van der Waals surface area contributed by atoms with Crippen LogP contribution in [0.4, 0.5) is 14.6 Å². The average molecular weight is 706 g/mol. The number of fused-ring (bicyclic) bond motifs is 3. The SMILES string of the molecule is CCc1c(F)ccc2cc(O)cc(-c3nc(OC)c4c(N5CCOCC(C)(O)C5)nc(OCC56CCCC5N(C5COC5)CCC6)nc4c3F)c12. The number of aliphatic hydroxyl groups is 1. The van der Waals surface area contributed by atoms with Crippen LogP contribution in [-0.4, -0.2) is 108 Å². The Morgan fingerprint density at radius 2 is 1.86 bits per heavy atom. The van der Waals surface area contributed by atoms with E-state index in [2.05, 4.69) is 9.88 Å². The number of anilines is 1. The van der Waals surface area contributed by atoms with Crippen LogP contribution in [0.3, 0.4) is 0 Å². The molecule has 0 spiro atoms. The number of rotatable bonds is 8. The van der Waals surface area contributed by atoms with E-state index < -0.39 is 17.2 Å². The van der Waals surface area contributed by atoms with Gasteiger partial charge >= 0.3 is 6.01 Å². The molecule has 3 saturated heterocycles. The van der Waals surface area contributed by atoms with Crippen LogP contribution in [0, 0.1) is 17.0 Å². The summed E-state index contributed by atoms with van der Waals surface area (Å²) in [6.45, 7) is 7.36. The van der Waals surface area contributed by atoms with Gasteiger partial charge in [0.05, 0.1) is 52.7 Å². The van der Waals surface area contributed by atoms with E-state index in [4.69, 9.17) is 28.9 Å². The Morgan fingerprint density at radius 3 is 2.63 bits per heavy atom. The molecule has 3 aliphatic heterocycles. The van der Waals surface area contributed by atoms with Crippen molar-refractivity contribution in [2.24, 2.45) is 5.41 Å².